The Morgan fingerprint density at radius 2 is 1.69 bits per heavy atom. The Labute approximate surface area is 172 Å². The van der Waals surface area contributed by atoms with E-state index in [1.165, 1.54) is 11.3 Å². The zero-order valence-electron chi connectivity index (χ0n) is 18.0. The molecule has 0 aliphatic rings. The molecular formula is C22H31N7. The van der Waals surface area contributed by atoms with Gasteiger partial charge in [0.25, 0.3) is 0 Å². The Balaban J connectivity index is 1.55. The van der Waals surface area contributed by atoms with Crippen LogP contribution in [0.5, 0.6) is 0 Å². The molecule has 7 nitrogen and oxygen atoms in total. The molecule has 2 aromatic heterocycles. The van der Waals surface area contributed by atoms with E-state index < -0.39 is 0 Å². The predicted octanol–water partition coefficient (Wildman–Crippen LogP) is 3.06. The van der Waals surface area contributed by atoms with Crippen molar-refractivity contribution in [3.63, 3.8) is 0 Å². The second kappa shape index (κ2) is 9.41. The fourth-order valence-corrected chi connectivity index (χ4v) is 3.48. The second-order valence-corrected chi connectivity index (χ2v) is 7.32. The molecule has 0 radical (unpaired) electrons. The first kappa shape index (κ1) is 20.6. The highest BCUT2D eigenvalue weighted by Gasteiger charge is 2.09. The third-order valence-corrected chi connectivity index (χ3v) is 4.84. The van der Waals surface area contributed by atoms with Crippen molar-refractivity contribution in [2.75, 3.05) is 13.6 Å². The standard InChI is InChI=1S/C22H31N7/c1-16-13-18(3)28(26-16)12-8-11-24-22(23-5)25-15-20-9-6-7-10-21(20)29-19(4)14-17(2)27-29/h6-7,9-10,13-14H,8,11-12,15H2,1-5H3,(H2,23,24,25). The molecule has 7 heteroatoms. The molecule has 3 rings (SSSR count). The highest BCUT2D eigenvalue weighted by molar-refractivity contribution is 5.79. The monoisotopic (exact) mass is 393 g/mol. The van der Waals surface area contributed by atoms with Gasteiger partial charge in [0, 0.05) is 38.1 Å². The van der Waals surface area contributed by atoms with Crippen molar-refractivity contribution >= 4 is 5.96 Å². The van der Waals surface area contributed by atoms with E-state index >= 15 is 0 Å². The number of para-hydroxylation sites is 1. The van der Waals surface area contributed by atoms with Crippen molar-refractivity contribution in [3.8, 4) is 5.69 Å². The van der Waals surface area contributed by atoms with Crippen molar-refractivity contribution in [2.45, 2.75) is 47.2 Å². The molecule has 1 aromatic carbocycles. The highest BCUT2D eigenvalue weighted by atomic mass is 15.3. The molecule has 0 fully saturated rings. The van der Waals surface area contributed by atoms with Crippen molar-refractivity contribution in [3.05, 3.63) is 64.7 Å². The topological polar surface area (TPSA) is 72.1 Å². The summed E-state index contributed by atoms with van der Waals surface area (Å²) in [5.41, 5.74) is 6.67. The molecule has 0 saturated heterocycles. The molecule has 2 heterocycles. The van der Waals surface area contributed by atoms with Crippen LogP contribution in [0.1, 0.15) is 34.8 Å². The van der Waals surface area contributed by atoms with Crippen LogP contribution in [-0.4, -0.2) is 39.1 Å². The Bertz CT molecular complexity index is 981. The second-order valence-electron chi connectivity index (χ2n) is 7.32. The van der Waals surface area contributed by atoms with Crippen molar-refractivity contribution in [1.29, 1.82) is 0 Å². The Kier molecular flexibility index (Phi) is 6.69. The first-order chi connectivity index (χ1) is 14.0. The summed E-state index contributed by atoms with van der Waals surface area (Å²) >= 11 is 0. The minimum atomic E-state index is 0.672. The van der Waals surface area contributed by atoms with Crippen LogP contribution in [0.15, 0.2) is 41.4 Å². The molecule has 3 aromatic rings. The van der Waals surface area contributed by atoms with E-state index in [0.29, 0.717) is 6.54 Å². The Hall–Kier alpha value is -3.09. The number of aliphatic imine (C=N–C) groups is 1. The van der Waals surface area contributed by atoms with Gasteiger partial charge in [-0.3, -0.25) is 9.67 Å². The van der Waals surface area contributed by atoms with Crippen LogP contribution >= 0.6 is 0 Å². The molecule has 0 saturated carbocycles. The lowest BCUT2D eigenvalue weighted by atomic mass is 10.1. The van der Waals surface area contributed by atoms with Crippen molar-refractivity contribution in [2.24, 2.45) is 4.99 Å². The predicted molar refractivity (Wildman–Crippen MR) is 118 cm³/mol. The Morgan fingerprint density at radius 3 is 2.34 bits per heavy atom. The third-order valence-electron chi connectivity index (χ3n) is 4.84. The van der Waals surface area contributed by atoms with E-state index in [1.54, 1.807) is 7.05 Å². The zero-order valence-corrected chi connectivity index (χ0v) is 18.0. The smallest absolute Gasteiger partial charge is 0.191 e. The van der Waals surface area contributed by atoms with Gasteiger partial charge in [0.1, 0.15) is 0 Å². The van der Waals surface area contributed by atoms with Crippen LogP contribution in [0.3, 0.4) is 0 Å². The molecule has 2 N–H and O–H groups in total. The average Bonchev–Trinajstić information content (AvgIpc) is 3.20. The van der Waals surface area contributed by atoms with Gasteiger partial charge in [0.05, 0.1) is 17.1 Å². The van der Waals surface area contributed by atoms with E-state index in [0.717, 1.165) is 48.2 Å². The fourth-order valence-electron chi connectivity index (χ4n) is 3.48. The summed E-state index contributed by atoms with van der Waals surface area (Å²) in [6, 6.07) is 12.5. The van der Waals surface area contributed by atoms with Gasteiger partial charge in [-0.2, -0.15) is 10.2 Å². The maximum absolute atomic E-state index is 4.62. The molecule has 0 amide bonds. The van der Waals surface area contributed by atoms with E-state index in [4.69, 9.17) is 0 Å². The summed E-state index contributed by atoms with van der Waals surface area (Å²) in [5, 5.41) is 15.9. The summed E-state index contributed by atoms with van der Waals surface area (Å²) in [5.74, 6) is 0.793. The number of guanidine groups is 1. The van der Waals surface area contributed by atoms with E-state index in [1.807, 2.05) is 24.6 Å². The summed E-state index contributed by atoms with van der Waals surface area (Å²) in [6.45, 7) is 10.6. The first-order valence-corrected chi connectivity index (χ1v) is 10.0. The molecule has 0 aliphatic heterocycles. The van der Waals surface area contributed by atoms with Gasteiger partial charge in [-0.15, -0.1) is 0 Å². The average molecular weight is 394 g/mol. The maximum Gasteiger partial charge on any atom is 0.191 e. The first-order valence-electron chi connectivity index (χ1n) is 10.0. The summed E-state index contributed by atoms with van der Waals surface area (Å²) in [4.78, 5) is 4.34. The molecule has 0 spiro atoms. The van der Waals surface area contributed by atoms with Gasteiger partial charge in [0.15, 0.2) is 5.96 Å². The zero-order chi connectivity index (χ0) is 20.8. The minimum Gasteiger partial charge on any atom is -0.356 e. The van der Waals surface area contributed by atoms with Crippen LogP contribution in [-0.2, 0) is 13.1 Å². The largest absolute Gasteiger partial charge is 0.356 e. The number of rotatable bonds is 7. The summed E-state index contributed by atoms with van der Waals surface area (Å²) < 4.78 is 4.05. The molecule has 0 atom stereocenters. The van der Waals surface area contributed by atoms with E-state index in [-0.39, 0.29) is 0 Å². The molecule has 0 bridgehead atoms. The van der Waals surface area contributed by atoms with Crippen LogP contribution in [0.4, 0.5) is 0 Å². The lowest BCUT2D eigenvalue weighted by Crippen LogP contribution is -2.37. The number of aryl methyl sites for hydroxylation is 5. The summed E-state index contributed by atoms with van der Waals surface area (Å²) in [6.07, 6.45) is 0.977. The lowest BCUT2D eigenvalue weighted by molar-refractivity contribution is 0.555. The highest BCUT2D eigenvalue weighted by Crippen LogP contribution is 2.16. The number of hydrogen-bond acceptors (Lipinski definition) is 3. The SMILES string of the molecule is CN=C(NCCCn1nc(C)cc1C)NCc1ccccc1-n1nc(C)cc1C. The molecule has 0 unspecified atom stereocenters. The quantitative estimate of drug-likeness (QED) is 0.368. The molecular weight excluding hydrogens is 362 g/mol. The maximum atomic E-state index is 4.62. The third kappa shape index (κ3) is 5.25. The number of hydrogen-bond donors (Lipinski definition) is 2. The molecule has 154 valence electrons. The summed E-state index contributed by atoms with van der Waals surface area (Å²) in [7, 11) is 1.79. The van der Waals surface area contributed by atoms with Gasteiger partial charge in [-0.05, 0) is 57.9 Å². The van der Waals surface area contributed by atoms with Crippen LogP contribution in [0.25, 0.3) is 5.69 Å². The van der Waals surface area contributed by atoms with Crippen molar-refractivity contribution in [1.82, 2.24) is 30.2 Å². The molecule has 0 aliphatic carbocycles. The van der Waals surface area contributed by atoms with Gasteiger partial charge in [0.2, 0.25) is 0 Å². The Morgan fingerprint density at radius 1 is 0.966 bits per heavy atom. The van der Waals surface area contributed by atoms with Crippen LogP contribution in [0, 0.1) is 27.7 Å². The number of aromatic nitrogens is 4. The van der Waals surface area contributed by atoms with Crippen LogP contribution in [0.2, 0.25) is 0 Å². The normalized spacial score (nSPS) is 11.7. The number of nitrogens with zero attached hydrogens (tertiary/aromatic N) is 5. The van der Waals surface area contributed by atoms with E-state index in [2.05, 4.69) is 74.7 Å². The van der Waals surface area contributed by atoms with Crippen molar-refractivity contribution < 1.29 is 0 Å². The fraction of sp³-hybridized carbons (Fsp3) is 0.409. The number of nitrogens with one attached hydrogen (secondary N) is 2. The van der Waals surface area contributed by atoms with Gasteiger partial charge < -0.3 is 10.6 Å². The number of benzene rings is 1. The van der Waals surface area contributed by atoms with E-state index in [9.17, 15) is 0 Å². The van der Waals surface area contributed by atoms with Crippen LogP contribution < -0.4 is 10.6 Å². The van der Waals surface area contributed by atoms with Gasteiger partial charge in [-0.25, -0.2) is 4.68 Å². The van der Waals surface area contributed by atoms with Gasteiger partial charge in [-0.1, -0.05) is 18.2 Å². The minimum absolute atomic E-state index is 0.672. The molecule has 29 heavy (non-hydrogen) atoms. The van der Waals surface area contributed by atoms with Gasteiger partial charge >= 0.3 is 0 Å². The lowest BCUT2D eigenvalue weighted by Gasteiger charge is -2.15.